The molecule has 3 N–H and O–H groups in total. The van der Waals surface area contributed by atoms with Gasteiger partial charge < -0.3 is 11.1 Å². The van der Waals surface area contributed by atoms with E-state index in [1.807, 2.05) is 0 Å². The molecule has 0 saturated heterocycles. The first kappa shape index (κ1) is 13.5. The number of carbonyl (C=O) groups is 1. The Hall–Kier alpha value is -1.95. The van der Waals surface area contributed by atoms with Gasteiger partial charge in [0.1, 0.15) is 11.6 Å². The largest absolute Gasteiger partial charge is 0.396 e. The fourth-order valence-corrected chi connectivity index (χ4v) is 1.92. The number of halogens is 3. The zero-order chi connectivity index (χ0) is 14.0. The van der Waals surface area contributed by atoms with Gasteiger partial charge in [-0.25, -0.2) is 8.78 Å². The van der Waals surface area contributed by atoms with Gasteiger partial charge in [-0.1, -0.05) is 0 Å². The summed E-state index contributed by atoms with van der Waals surface area (Å²) in [4.78, 5) is 11.9. The molecule has 0 heterocycles. The minimum atomic E-state index is -0.584. The van der Waals surface area contributed by atoms with Crippen molar-refractivity contribution in [1.82, 2.24) is 0 Å². The van der Waals surface area contributed by atoms with E-state index in [2.05, 4.69) is 21.2 Å². The van der Waals surface area contributed by atoms with Crippen molar-refractivity contribution in [3.63, 3.8) is 0 Å². The quantitative estimate of drug-likeness (QED) is 0.829. The second kappa shape index (κ2) is 5.36. The Labute approximate surface area is 116 Å². The van der Waals surface area contributed by atoms with Crippen molar-refractivity contribution in [2.45, 2.75) is 0 Å². The van der Waals surface area contributed by atoms with Gasteiger partial charge in [0.2, 0.25) is 0 Å². The molecule has 0 saturated carbocycles. The summed E-state index contributed by atoms with van der Waals surface area (Å²) in [5.41, 5.74) is 5.91. The molecule has 0 bridgehead atoms. The van der Waals surface area contributed by atoms with Crippen LogP contribution in [-0.4, -0.2) is 5.91 Å². The van der Waals surface area contributed by atoms with E-state index in [4.69, 9.17) is 5.73 Å². The summed E-state index contributed by atoms with van der Waals surface area (Å²) < 4.78 is 26.3. The van der Waals surface area contributed by atoms with Crippen LogP contribution in [0.1, 0.15) is 10.4 Å². The fraction of sp³-hybridized carbons (Fsp3) is 0. The first-order valence-electron chi connectivity index (χ1n) is 5.29. The van der Waals surface area contributed by atoms with E-state index in [1.54, 1.807) is 0 Å². The van der Waals surface area contributed by atoms with Crippen molar-refractivity contribution in [2.75, 3.05) is 11.1 Å². The summed E-state index contributed by atoms with van der Waals surface area (Å²) in [6.07, 6.45) is 0. The third kappa shape index (κ3) is 3.08. The van der Waals surface area contributed by atoms with Gasteiger partial charge in [0.25, 0.3) is 5.91 Å². The number of benzene rings is 2. The second-order valence-electron chi connectivity index (χ2n) is 3.81. The van der Waals surface area contributed by atoms with Crippen molar-refractivity contribution < 1.29 is 13.6 Å². The molecular formula is C13H9BrF2N2O. The highest BCUT2D eigenvalue weighted by molar-refractivity contribution is 9.10. The molecule has 2 aromatic rings. The zero-order valence-electron chi connectivity index (χ0n) is 9.58. The molecule has 0 fully saturated rings. The van der Waals surface area contributed by atoms with Gasteiger partial charge in [-0.05, 0) is 52.3 Å². The van der Waals surface area contributed by atoms with E-state index in [1.165, 1.54) is 30.3 Å². The van der Waals surface area contributed by atoms with E-state index < -0.39 is 17.5 Å². The van der Waals surface area contributed by atoms with Crippen LogP contribution < -0.4 is 11.1 Å². The van der Waals surface area contributed by atoms with E-state index in [0.29, 0.717) is 10.2 Å². The number of anilines is 2. The Kier molecular flexibility index (Phi) is 3.80. The lowest BCUT2D eigenvalue weighted by atomic mass is 10.2. The molecular weight excluding hydrogens is 318 g/mol. The molecule has 0 aliphatic heterocycles. The van der Waals surface area contributed by atoms with Crippen LogP contribution in [0.5, 0.6) is 0 Å². The molecule has 3 nitrogen and oxygen atoms in total. The molecule has 0 aliphatic rings. The van der Waals surface area contributed by atoms with Crippen LogP contribution in [-0.2, 0) is 0 Å². The topological polar surface area (TPSA) is 55.1 Å². The zero-order valence-corrected chi connectivity index (χ0v) is 11.2. The third-order valence-electron chi connectivity index (χ3n) is 2.44. The Bertz CT molecular complexity index is 647. The molecule has 0 unspecified atom stereocenters. The minimum Gasteiger partial charge on any atom is -0.396 e. The van der Waals surface area contributed by atoms with Crippen molar-refractivity contribution in [3.05, 3.63) is 58.1 Å². The number of carbonyl (C=O) groups excluding carboxylic acids is 1. The van der Waals surface area contributed by atoms with Crippen LogP contribution >= 0.6 is 15.9 Å². The lowest BCUT2D eigenvalue weighted by Gasteiger charge is -2.08. The summed E-state index contributed by atoms with van der Waals surface area (Å²) in [6, 6.07) is 7.54. The second-order valence-corrected chi connectivity index (χ2v) is 4.67. The van der Waals surface area contributed by atoms with Gasteiger partial charge in [0, 0.05) is 10.0 Å². The number of nitrogen functional groups attached to an aromatic ring is 1. The Balaban J connectivity index is 2.23. The van der Waals surface area contributed by atoms with Crippen molar-refractivity contribution in [1.29, 1.82) is 0 Å². The molecule has 0 spiro atoms. The van der Waals surface area contributed by atoms with Crippen molar-refractivity contribution in [2.24, 2.45) is 0 Å². The highest BCUT2D eigenvalue weighted by Crippen LogP contribution is 2.24. The molecule has 2 rings (SSSR count). The van der Waals surface area contributed by atoms with Gasteiger partial charge in [-0.15, -0.1) is 0 Å². The molecule has 19 heavy (non-hydrogen) atoms. The summed E-state index contributed by atoms with van der Waals surface area (Å²) in [7, 11) is 0. The smallest absolute Gasteiger partial charge is 0.255 e. The molecule has 98 valence electrons. The van der Waals surface area contributed by atoms with Gasteiger partial charge in [0.15, 0.2) is 0 Å². The average molecular weight is 327 g/mol. The van der Waals surface area contributed by atoms with Crippen LogP contribution in [0.2, 0.25) is 0 Å². The lowest BCUT2D eigenvalue weighted by molar-refractivity contribution is 0.102. The van der Waals surface area contributed by atoms with E-state index >= 15 is 0 Å². The average Bonchev–Trinajstić information content (AvgIpc) is 2.36. The predicted molar refractivity (Wildman–Crippen MR) is 72.9 cm³/mol. The number of amides is 1. The molecule has 0 aliphatic carbocycles. The minimum absolute atomic E-state index is 0.106. The van der Waals surface area contributed by atoms with Gasteiger partial charge in [-0.3, -0.25) is 4.79 Å². The van der Waals surface area contributed by atoms with E-state index in [0.717, 1.165) is 6.07 Å². The molecule has 0 atom stereocenters. The van der Waals surface area contributed by atoms with Crippen LogP contribution in [0, 0.1) is 11.6 Å². The lowest BCUT2D eigenvalue weighted by Crippen LogP contribution is -2.13. The monoisotopic (exact) mass is 326 g/mol. The Morgan fingerprint density at radius 3 is 2.53 bits per heavy atom. The van der Waals surface area contributed by atoms with Gasteiger partial charge in [0.05, 0.1) is 11.4 Å². The van der Waals surface area contributed by atoms with Crippen LogP contribution in [0.4, 0.5) is 20.2 Å². The van der Waals surface area contributed by atoms with E-state index in [9.17, 15) is 13.6 Å². The highest BCUT2D eigenvalue weighted by Gasteiger charge is 2.10. The maximum atomic E-state index is 13.0. The molecule has 0 radical (unpaired) electrons. The molecule has 2 aromatic carbocycles. The maximum Gasteiger partial charge on any atom is 0.255 e. The molecule has 6 heteroatoms. The van der Waals surface area contributed by atoms with Crippen LogP contribution in [0.15, 0.2) is 40.9 Å². The normalized spacial score (nSPS) is 10.3. The third-order valence-corrected chi connectivity index (χ3v) is 3.09. The van der Waals surface area contributed by atoms with Gasteiger partial charge in [-0.2, -0.15) is 0 Å². The standard InChI is InChI=1S/C13H9BrF2N2O/c14-9-6-8(15)2-4-12(9)18-13(19)7-1-3-10(16)11(17)5-7/h1-6H,17H2,(H,18,19). The van der Waals surface area contributed by atoms with Gasteiger partial charge >= 0.3 is 0 Å². The van der Waals surface area contributed by atoms with Crippen LogP contribution in [0.3, 0.4) is 0 Å². The number of nitrogens with one attached hydrogen (secondary N) is 1. The number of rotatable bonds is 2. The summed E-state index contributed by atoms with van der Waals surface area (Å²) in [5, 5.41) is 2.57. The van der Waals surface area contributed by atoms with Crippen LogP contribution in [0.25, 0.3) is 0 Å². The fourth-order valence-electron chi connectivity index (χ4n) is 1.47. The van der Waals surface area contributed by atoms with E-state index in [-0.39, 0.29) is 11.3 Å². The van der Waals surface area contributed by atoms with Crippen molar-refractivity contribution in [3.8, 4) is 0 Å². The first-order chi connectivity index (χ1) is 8.97. The summed E-state index contributed by atoms with van der Waals surface area (Å²) in [6.45, 7) is 0. The highest BCUT2D eigenvalue weighted by atomic mass is 79.9. The molecule has 1 amide bonds. The maximum absolute atomic E-state index is 13.0. The Morgan fingerprint density at radius 1 is 1.16 bits per heavy atom. The number of hydrogen-bond donors (Lipinski definition) is 2. The number of hydrogen-bond acceptors (Lipinski definition) is 2. The summed E-state index contributed by atoms with van der Waals surface area (Å²) >= 11 is 3.13. The predicted octanol–water partition coefficient (Wildman–Crippen LogP) is 3.56. The first-order valence-corrected chi connectivity index (χ1v) is 6.08. The number of nitrogens with two attached hydrogens (primary N) is 1. The van der Waals surface area contributed by atoms with Crippen molar-refractivity contribution >= 4 is 33.2 Å². The summed E-state index contributed by atoms with van der Waals surface area (Å²) in [5.74, 6) is -1.46. The molecule has 0 aromatic heterocycles. The Morgan fingerprint density at radius 2 is 1.89 bits per heavy atom. The SMILES string of the molecule is Nc1cc(C(=O)Nc2ccc(F)cc2Br)ccc1F.